The van der Waals surface area contributed by atoms with Crippen molar-refractivity contribution in [2.24, 2.45) is 0 Å². The molecule has 1 aliphatic rings. The minimum absolute atomic E-state index is 0.102. The standard InChI is InChI=1S/C28H36N2O5/c1-5-19-35-23-15-9-20(10-16-23)25-24(26(31)21-11-13-22(34-4)14-12-21)27(32)28(33)30(25)18-8-17-29(6-2)7-3/h9-16,25,31H,5-8,17-19H2,1-4H3/b26-24-. The lowest BCUT2D eigenvalue weighted by Gasteiger charge is -2.27. The van der Waals surface area contributed by atoms with E-state index in [4.69, 9.17) is 9.47 Å². The first-order valence-corrected chi connectivity index (χ1v) is 12.3. The van der Waals surface area contributed by atoms with E-state index in [9.17, 15) is 14.7 Å². The Bertz CT molecular complexity index is 1030. The van der Waals surface area contributed by atoms with Gasteiger partial charge in [-0.2, -0.15) is 0 Å². The lowest BCUT2D eigenvalue weighted by atomic mass is 9.95. The molecule has 0 aromatic heterocycles. The zero-order valence-electron chi connectivity index (χ0n) is 21.1. The normalized spacial score (nSPS) is 17.3. The molecule has 1 amide bonds. The van der Waals surface area contributed by atoms with Gasteiger partial charge in [-0.05, 0) is 74.4 Å². The molecule has 1 aliphatic heterocycles. The first-order chi connectivity index (χ1) is 16.9. The largest absolute Gasteiger partial charge is 0.507 e. The molecule has 3 rings (SSSR count). The van der Waals surface area contributed by atoms with E-state index in [0.29, 0.717) is 24.5 Å². The van der Waals surface area contributed by atoms with E-state index in [0.717, 1.165) is 43.8 Å². The number of likely N-dealkylation sites (tertiary alicyclic amines) is 1. The number of aliphatic hydroxyl groups is 1. The third kappa shape index (κ3) is 6.03. The highest BCUT2D eigenvalue weighted by Crippen LogP contribution is 2.40. The van der Waals surface area contributed by atoms with Crippen LogP contribution in [0.15, 0.2) is 54.1 Å². The maximum Gasteiger partial charge on any atom is 0.295 e. The molecule has 1 unspecified atom stereocenters. The van der Waals surface area contributed by atoms with Crippen molar-refractivity contribution >= 4 is 17.4 Å². The number of aliphatic hydroxyl groups excluding tert-OH is 1. The molecule has 0 radical (unpaired) electrons. The predicted molar refractivity (Wildman–Crippen MR) is 137 cm³/mol. The quantitative estimate of drug-likeness (QED) is 0.271. The Hall–Kier alpha value is -3.32. The van der Waals surface area contributed by atoms with Crippen molar-refractivity contribution in [2.75, 3.05) is 39.9 Å². The molecular weight excluding hydrogens is 444 g/mol. The van der Waals surface area contributed by atoms with E-state index in [1.807, 2.05) is 31.2 Å². The zero-order valence-corrected chi connectivity index (χ0v) is 21.1. The summed E-state index contributed by atoms with van der Waals surface area (Å²) in [6, 6.07) is 13.5. The molecule has 1 fully saturated rings. The Kier molecular flexibility index (Phi) is 9.32. The Balaban J connectivity index is 1.99. The lowest BCUT2D eigenvalue weighted by molar-refractivity contribution is -0.140. The molecule has 7 heteroatoms. The molecule has 35 heavy (non-hydrogen) atoms. The highest BCUT2D eigenvalue weighted by molar-refractivity contribution is 6.46. The van der Waals surface area contributed by atoms with Gasteiger partial charge in [-0.1, -0.05) is 32.9 Å². The highest BCUT2D eigenvalue weighted by Gasteiger charge is 2.45. The van der Waals surface area contributed by atoms with Crippen molar-refractivity contribution in [3.05, 3.63) is 65.2 Å². The van der Waals surface area contributed by atoms with Crippen LogP contribution in [-0.4, -0.2) is 66.5 Å². The van der Waals surface area contributed by atoms with Gasteiger partial charge < -0.3 is 24.4 Å². The van der Waals surface area contributed by atoms with Gasteiger partial charge in [0.2, 0.25) is 0 Å². The number of hydrogen-bond donors (Lipinski definition) is 1. The van der Waals surface area contributed by atoms with Gasteiger partial charge in [0, 0.05) is 12.1 Å². The Morgan fingerprint density at radius 3 is 2.17 bits per heavy atom. The van der Waals surface area contributed by atoms with E-state index < -0.39 is 17.7 Å². The number of rotatable bonds is 12. The molecule has 1 saturated heterocycles. The molecule has 0 bridgehead atoms. The molecule has 7 nitrogen and oxygen atoms in total. The Morgan fingerprint density at radius 1 is 0.971 bits per heavy atom. The minimum atomic E-state index is -0.672. The highest BCUT2D eigenvalue weighted by atomic mass is 16.5. The van der Waals surface area contributed by atoms with Crippen molar-refractivity contribution < 1.29 is 24.2 Å². The number of carbonyl (C=O) groups is 2. The van der Waals surface area contributed by atoms with Gasteiger partial charge in [0.05, 0.1) is 25.3 Å². The average Bonchev–Trinajstić information content (AvgIpc) is 3.14. The summed E-state index contributed by atoms with van der Waals surface area (Å²) in [4.78, 5) is 30.2. The smallest absolute Gasteiger partial charge is 0.295 e. The number of carbonyl (C=O) groups excluding carboxylic acids is 2. The molecule has 0 aliphatic carbocycles. The molecule has 2 aromatic carbocycles. The van der Waals surface area contributed by atoms with E-state index >= 15 is 0 Å². The summed E-state index contributed by atoms with van der Waals surface area (Å²) in [5, 5.41) is 11.2. The molecule has 1 N–H and O–H groups in total. The number of ketones is 1. The number of benzene rings is 2. The van der Waals surface area contributed by atoms with Crippen LogP contribution in [0.2, 0.25) is 0 Å². The average molecular weight is 481 g/mol. The van der Waals surface area contributed by atoms with Gasteiger partial charge in [0.1, 0.15) is 17.3 Å². The third-order valence-electron chi connectivity index (χ3n) is 6.34. The first kappa shape index (κ1) is 26.3. The van der Waals surface area contributed by atoms with Crippen LogP contribution in [0, 0.1) is 0 Å². The summed E-state index contributed by atoms with van der Waals surface area (Å²) in [6.45, 7) is 9.95. The van der Waals surface area contributed by atoms with Gasteiger partial charge in [-0.15, -0.1) is 0 Å². The Morgan fingerprint density at radius 2 is 1.60 bits per heavy atom. The van der Waals surface area contributed by atoms with E-state index in [2.05, 4.69) is 18.7 Å². The van der Waals surface area contributed by atoms with E-state index in [-0.39, 0.29) is 11.3 Å². The number of amides is 1. The summed E-state index contributed by atoms with van der Waals surface area (Å²) in [5.41, 5.74) is 1.32. The molecule has 0 spiro atoms. The van der Waals surface area contributed by atoms with Crippen LogP contribution < -0.4 is 9.47 Å². The SMILES string of the molecule is CCCOc1ccc(C2/C(=C(/O)c3ccc(OC)cc3)C(=O)C(=O)N2CCCN(CC)CC)cc1. The van der Waals surface area contributed by atoms with E-state index in [1.165, 1.54) is 0 Å². The monoisotopic (exact) mass is 480 g/mol. The molecule has 188 valence electrons. The predicted octanol–water partition coefficient (Wildman–Crippen LogP) is 4.64. The van der Waals surface area contributed by atoms with Crippen molar-refractivity contribution in [3.8, 4) is 11.5 Å². The summed E-state index contributed by atoms with van der Waals surface area (Å²) in [7, 11) is 1.56. The number of hydrogen-bond acceptors (Lipinski definition) is 6. The van der Waals surface area contributed by atoms with Crippen molar-refractivity contribution in [3.63, 3.8) is 0 Å². The molecular formula is C28H36N2O5. The fraction of sp³-hybridized carbons (Fsp3) is 0.429. The van der Waals surface area contributed by atoms with Gasteiger partial charge >= 0.3 is 0 Å². The molecule has 0 saturated carbocycles. The van der Waals surface area contributed by atoms with Crippen LogP contribution in [0.5, 0.6) is 11.5 Å². The summed E-state index contributed by atoms with van der Waals surface area (Å²) >= 11 is 0. The van der Waals surface area contributed by atoms with Crippen molar-refractivity contribution in [1.82, 2.24) is 9.80 Å². The number of nitrogens with zero attached hydrogens (tertiary/aromatic N) is 2. The van der Waals surface area contributed by atoms with Crippen LogP contribution >= 0.6 is 0 Å². The van der Waals surface area contributed by atoms with Gasteiger partial charge in [-0.25, -0.2) is 0 Å². The van der Waals surface area contributed by atoms with Crippen LogP contribution in [0.4, 0.5) is 0 Å². The van der Waals surface area contributed by atoms with E-state index in [1.54, 1.807) is 36.3 Å². The second kappa shape index (κ2) is 12.4. The molecule has 1 heterocycles. The topological polar surface area (TPSA) is 79.3 Å². The summed E-state index contributed by atoms with van der Waals surface area (Å²) in [6.07, 6.45) is 1.63. The van der Waals surface area contributed by atoms with Crippen LogP contribution in [0.25, 0.3) is 5.76 Å². The van der Waals surface area contributed by atoms with Crippen LogP contribution in [0.3, 0.4) is 0 Å². The molecule has 1 atom stereocenters. The first-order valence-electron chi connectivity index (χ1n) is 12.3. The fourth-order valence-electron chi connectivity index (χ4n) is 4.33. The van der Waals surface area contributed by atoms with Crippen molar-refractivity contribution in [2.45, 2.75) is 39.7 Å². The summed E-state index contributed by atoms with van der Waals surface area (Å²) in [5.74, 6) is -0.0798. The second-order valence-corrected chi connectivity index (χ2v) is 8.52. The summed E-state index contributed by atoms with van der Waals surface area (Å²) < 4.78 is 10.9. The van der Waals surface area contributed by atoms with Crippen molar-refractivity contribution in [1.29, 1.82) is 0 Å². The van der Waals surface area contributed by atoms with Gasteiger partial charge in [0.15, 0.2) is 0 Å². The molecule has 2 aromatic rings. The Labute approximate surface area is 207 Å². The third-order valence-corrected chi connectivity index (χ3v) is 6.34. The number of ether oxygens (including phenoxy) is 2. The fourth-order valence-corrected chi connectivity index (χ4v) is 4.33. The number of methoxy groups -OCH3 is 1. The number of Topliss-reactive ketones (excluding diaryl/α,β-unsaturated/α-hetero) is 1. The van der Waals surface area contributed by atoms with Gasteiger partial charge in [0.25, 0.3) is 11.7 Å². The van der Waals surface area contributed by atoms with Crippen LogP contribution in [0.1, 0.15) is 50.8 Å². The maximum absolute atomic E-state index is 13.2. The second-order valence-electron chi connectivity index (χ2n) is 8.52. The zero-order chi connectivity index (χ0) is 25.4. The van der Waals surface area contributed by atoms with Gasteiger partial charge in [-0.3, -0.25) is 9.59 Å². The van der Waals surface area contributed by atoms with Crippen LogP contribution in [-0.2, 0) is 9.59 Å². The maximum atomic E-state index is 13.2. The minimum Gasteiger partial charge on any atom is -0.507 e. The lowest BCUT2D eigenvalue weighted by Crippen LogP contribution is -2.33.